The fourth-order valence-corrected chi connectivity index (χ4v) is 4.24. The molecule has 0 unspecified atom stereocenters. The monoisotopic (exact) mass is 419 g/mol. The van der Waals surface area contributed by atoms with E-state index in [2.05, 4.69) is 29.2 Å². The first kappa shape index (κ1) is 21.2. The average molecular weight is 420 g/mol. The maximum Gasteiger partial charge on any atom is 0.261 e. The second-order valence-corrected chi connectivity index (χ2v) is 8.00. The number of benzene rings is 2. The molecule has 2 amide bonds. The maximum absolute atomic E-state index is 13.1. The summed E-state index contributed by atoms with van der Waals surface area (Å²) in [5.74, 6) is -0.453. The van der Waals surface area contributed by atoms with Gasteiger partial charge in [-0.1, -0.05) is 19.1 Å². The van der Waals surface area contributed by atoms with E-state index in [-0.39, 0.29) is 11.8 Å². The van der Waals surface area contributed by atoms with E-state index >= 15 is 0 Å². The molecule has 0 fully saturated rings. The molecule has 7 nitrogen and oxygen atoms in total. The molecule has 162 valence electrons. The number of nitrogens with zero attached hydrogens (tertiary/aromatic N) is 4. The zero-order chi connectivity index (χ0) is 21.8. The van der Waals surface area contributed by atoms with E-state index < -0.39 is 0 Å². The zero-order valence-corrected chi connectivity index (χ0v) is 18.2. The minimum absolute atomic E-state index is 0.227. The summed E-state index contributed by atoms with van der Waals surface area (Å²) in [5.41, 5.74) is 2.06. The van der Waals surface area contributed by atoms with Crippen LogP contribution in [0.2, 0.25) is 0 Å². The molecular weight excluding hydrogens is 390 g/mol. The smallest absolute Gasteiger partial charge is 0.261 e. The predicted molar refractivity (Wildman–Crippen MR) is 122 cm³/mol. The van der Waals surface area contributed by atoms with E-state index in [0.29, 0.717) is 24.2 Å². The molecule has 0 saturated carbocycles. The van der Waals surface area contributed by atoms with Gasteiger partial charge in [0.1, 0.15) is 0 Å². The first-order valence-electron chi connectivity index (χ1n) is 10.9. The van der Waals surface area contributed by atoms with Crippen LogP contribution in [0.15, 0.2) is 49.1 Å². The Labute approximate surface area is 182 Å². The van der Waals surface area contributed by atoms with Crippen LogP contribution < -0.4 is 5.32 Å². The predicted octanol–water partition coefficient (Wildman–Crippen LogP) is 2.94. The summed E-state index contributed by atoms with van der Waals surface area (Å²) in [6.07, 6.45) is 7.48. The number of rotatable bonds is 10. The summed E-state index contributed by atoms with van der Waals surface area (Å²) in [6.45, 7) is 6.14. The van der Waals surface area contributed by atoms with Crippen LogP contribution >= 0.6 is 0 Å². The van der Waals surface area contributed by atoms with Gasteiger partial charge in [-0.2, -0.15) is 0 Å². The van der Waals surface area contributed by atoms with Gasteiger partial charge in [-0.25, -0.2) is 4.98 Å². The summed E-state index contributed by atoms with van der Waals surface area (Å²) in [5, 5.41) is 4.97. The van der Waals surface area contributed by atoms with Crippen molar-refractivity contribution in [2.45, 2.75) is 19.8 Å². The van der Waals surface area contributed by atoms with Gasteiger partial charge in [0.25, 0.3) is 11.8 Å². The first-order chi connectivity index (χ1) is 15.1. The number of aromatic nitrogens is 2. The Balaban J connectivity index is 1.47. The Morgan fingerprint density at radius 3 is 2.58 bits per heavy atom. The van der Waals surface area contributed by atoms with Crippen LogP contribution in [-0.2, 0) is 0 Å². The SMILES string of the molecule is CCCN(C)CCCNCCN1C(=O)c2cccc3c(-n4ccnc4)ccc(c23)C1=O. The molecule has 4 rings (SSSR count). The fraction of sp³-hybridized carbons (Fsp3) is 0.375. The van der Waals surface area contributed by atoms with Crippen molar-refractivity contribution in [2.75, 3.05) is 39.8 Å². The molecule has 31 heavy (non-hydrogen) atoms. The van der Waals surface area contributed by atoms with Crippen molar-refractivity contribution in [3.63, 3.8) is 0 Å². The standard InChI is InChI=1S/C24H29N5O2/c1-3-13-27(2)14-5-10-25-12-16-29-23(30)19-7-4-6-18-21(28-15-11-26-17-28)9-8-20(22(18)19)24(29)31/h4,6-9,11,15,17,25H,3,5,10,12-14,16H2,1-2H3. The number of carbonyl (C=O) groups excluding carboxylic acids is 2. The quantitative estimate of drug-likeness (QED) is 0.404. The van der Waals surface area contributed by atoms with Crippen molar-refractivity contribution >= 4 is 22.6 Å². The molecule has 0 saturated heterocycles. The van der Waals surface area contributed by atoms with Gasteiger partial charge >= 0.3 is 0 Å². The van der Waals surface area contributed by atoms with Crippen molar-refractivity contribution in [3.8, 4) is 5.69 Å². The number of imide groups is 1. The lowest BCUT2D eigenvalue weighted by molar-refractivity contribution is 0.0612. The van der Waals surface area contributed by atoms with Crippen LogP contribution in [0.5, 0.6) is 0 Å². The van der Waals surface area contributed by atoms with Crippen molar-refractivity contribution in [1.82, 2.24) is 24.7 Å². The zero-order valence-electron chi connectivity index (χ0n) is 18.2. The lowest BCUT2D eigenvalue weighted by atomic mass is 9.93. The van der Waals surface area contributed by atoms with E-state index in [1.54, 1.807) is 12.5 Å². The number of imidazole rings is 1. The summed E-state index contributed by atoms with van der Waals surface area (Å²) < 4.78 is 1.89. The molecule has 0 spiro atoms. The molecule has 1 aromatic heterocycles. The van der Waals surface area contributed by atoms with Crippen molar-refractivity contribution in [3.05, 3.63) is 60.2 Å². The third kappa shape index (κ3) is 4.24. The molecule has 7 heteroatoms. The number of carbonyl (C=O) groups is 2. The molecule has 3 aromatic rings. The Bertz CT molecular complexity index is 1050. The maximum atomic E-state index is 13.1. The largest absolute Gasteiger partial charge is 0.315 e. The highest BCUT2D eigenvalue weighted by molar-refractivity contribution is 6.26. The average Bonchev–Trinajstić information content (AvgIpc) is 3.31. The van der Waals surface area contributed by atoms with Crippen LogP contribution in [0, 0.1) is 0 Å². The van der Waals surface area contributed by atoms with Gasteiger partial charge in [-0.15, -0.1) is 0 Å². The van der Waals surface area contributed by atoms with E-state index in [1.807, 2.05) is 41.1 Å². The number of hydrogen-bond acceptors (Lipinski definition) is 5. The van der Waals surface area contributed by atoms with Gasteiger partial charge in [-0.05, 0) is 57.7 Å². The number of nitrogens with one attached hydrogen (secondary N) is 1. The van der Waals surface area contributed by atoms with Gasteiger partial charge in [0.05, 0.1) is 12.0 Å². The van der Waals surface area contributed by atoms with Crippen LogP contribution in [0.4, 0.5) is 0 Å². The second-order valence-electron chi connectivity index (χ2n) is 8.00. The summed E-state index contributed by atoms with van der Waals surface area (Å²) in [4.78, 5) is 34.1. The molecule has 0 radical (unpaired) electrons. The van der Waals surface area contributed by atoms with Gasteiger partial charge in [0.15, 0.2) is 0 Å². The molecule has 0 bridgehead atoms. The molecule has 1 aliphatic rings. The first-order valence-corrected chi connectivity index (χ1v) is 10.9. The molecular formula is C24H29N5O2. The van der Waals surface area contributed by atoms with Gasteiger partial charge in [-0.3, -0.25) is 14.5 Å². The highest BCUT2D eigenvalue weighted by Crippen LogP contribution is 2.33. The molecule has 1 N–H and O–H groups in total. The van der Waals surface area contributed by atoms with E-state index in [4.69, 9.17) is 0 Å². The van der Waals surface area contributed by atoms with Crippen molar-refractivity contribution < 1.29 is 9.59 Å². The third-order valence-corrected chi connectivity index (χ3v) is 5.76. The van der Waals surface area contributed by atoms with Gasteiger partial charge < -0.3 is 14.8 Å². The van der Waals surface area contributed by atoms with Gasteiger partial charge in [0, 0.05) is 47.4 Å². The third-order valence-electron chi connectivity index (χ3n) is 5.76. The van der Waals surface area contributed by atoms with Crippen LogP contribution in [0.1, 0.15) is 40.5 Å². The fourth-order valence-electron chi connectivity index (χ4n) is 4.24. The molecule has 0 atom stereocenters. The Morgan fingerprint density at radius 1 is 1.03 bits per heavy atom. The highest BCUT2D eigenvalue weighted by atomic mass is 16.2. The lowest BCUT2D eigenvalue weighted by Gasteiger charge is -2.28. The summed E-state index contributed by atoms with van der Waals surface area (Å²) in [6, 6.07) is 9.37. The van der Waals surface area contributed by atoms with Crippen molar-refractivity contribution in [1.29, 1.82) is 0 Å². The summed E-state index contributed by atoms with van der Waals surface area (Å²) >= 11 is 0. The van der Waals surface area contributed by atoms with E-state index in [0.717, 1.165) is 48.9 Å². The molecule has 2 heterocycles. The molecule has 0 aliphatic carbocycles. The normalized spacial score (nSPS) is 13.6. The Kier molecular flexibility index (Phi) is 6.44. The van der Waals surface area contributed by atoms with Crippen LogP contribution in [0.3, 0.4) is 0 Å². The topological polar surface area (TPSA) is 70.5 Å². The second kappa shape index (κ2) is 9.41. The van der Waals surface area contributed by atoms with Crippen LogP contribution in [-0.4, -0.2) is 70.9 Å². The van der Waals surface area contributed by atoms with Crippen molar-refractivity contribution in [2.24, 2.45) is 0 Å². The minimum Gasteiger partial charge on any atom is -0.315 e. The van der Waals surface area contributed by atoms with Gasteiger partial charge in [0.2, 0.25) is 0 Å². The number of amides is 2. The molecule has 2 aromatic carbocycles. The lowest BCUT2D eigenvalue weighted by Crippen LogP contribution is -2.44. The van der Waals surface area contributed by atoms with E-state index in [9.17, 15) is 9.59 Å². The van der Waals surface area contributed by atoms with Crippen LogP contribution in [0.25, 0.3) is 16.5 Å². The highest BCUT2D eigenvalue weighted by Gasteiger charge is 2.33. The minimum atomic E-state index is -0.227. The Morgan fingerprint density at radius 2 is 1.84 bits per heavy atom. The van der Waals surface area contributed by atoms with E-state index in [1.165, 1.54) is 4.90 Å². The molecule has 1 aliphatic heterocycles. The number of hydrogen-bond donors (Lipinski definition) is 1. The summed E-state index contributed by atoms with van der Waals surface area (Å²) in [7, 11) is 2.13. The Hall–Kier alpha value is -3.03.